The average Bonchev–Trinajstić information content (AvgIpc) is 3.61. The molecule has 0 aliphatic carbocycles. The number of halogens is 1. The number of aromatic nitrogens is 3. The first kappa shape index (κ1) is 25.5. The van der Waals surface area contributed by atoms with Crippen molar-refractivity contribution in [3.63, 3.8) is 0 Å². The highest BCUT2D eigenvalue weighted by Gasteiger charge is 2.34. The highest BCUT2D eigenvalue weighted by atomic mass is 19.1. The number of nitrogens with zero attached hydrogens (tertiary/aromatic N) is 4. The lowest BCUT2D eigenvalue weighted by molar-refractivity contribution is -0.141. The van der Waals surface area contributed by atoms with E-state index in [-0.39, 0.29) is 30.7 Å². The molecule has 1 fully saturated rings. The number of nitrogens with one attached hydrogen (secondary N) is 1. The molecule has 5 rings (SSSR count). The summed E-state index contributed by atoms with van der Waals surface area (Å²) in [6, 6.07) is 22.0. The molecule has 2 unspecified atom stereocenters. The van der Waals surface area contributed by atoms with Crippen molar-refractivity contribution in [3.05, 3.63) is 95.8 Å². The van der Waals surface area contributed by atoms with Gasteiger partial charge in [-0.05, 0) is 43.0 Å². The maximum atomic E-state index is 15.1. The number of hydrogen-bond donors (Lipinski definition) is 1. The van der Waals surface area contributed by atoms with Crippen LogP contribution in [0.1, 0.15) is 30.0 Å². The molecule has 0 bridgehead atoms. The molecule has 1 saturated heterocycles. The Morgan fingerprint density at radius 3 is 2.61 bits per heavy atom. The van der Waals surface area contributed by atoms with Crippen LogP contribution >= 0.6 is 0 Å². The van der Waals surface area contributed by atoms with Gasteiger partial charge in [0.05, 0.1) is 11.6 Å². The highest BCUT2D eigenvalue weighted by molar-refractivity contribution is 5.89. The van der Waals surface area contributed by atoms with Gasteiger partial charge in [0.2, 0.25) is 11.8 Å². The van der Waals surface area contributed by atoms with Crippen LogP contribution in [0, 0.1) is 5.82 Å². The number of amides is 2. The normalized spacial score (nSPS) is 15.9. The Kier molecular flexibility index (Phi) is 8.04. The predicted octanol–water partition coefficient (Wildman–Crippen LogP) is 3.68. The maximum Gasteiger partial charge on any atom is 0.247 e. The van der Waals surface area contributed by atoms with Crippen LogP contribution in [0.5, 0.6) is 0 Å². The summed E-state index contributed by atoms with van der Waals surface area (Å²) in [5.41, 5.74) is 2.51. The van der Waals surface area contributed by atoms with Crippen LogP contribution in [-0.2, 0) is 27.3 Å². The molecule has 4 aromatic rings. The molecule has 38 heavy (non-hydrogen) atoms. The van der Waals surface area contributed by atoms with Gasteiger partial charge in [0.1, 0.15) is 23.9 Å². The maximum absolute atomic E-state index is 15.1. The first-order valence-corrected chi connectivity index (χ1v) is 12.9. The van der Waals surface area contributed by atoms with Gasteiger partial charge in [-0.1, -0.05) is 65.9 Å². The zero-order valence-electron chi connectivity index (χ0n) is 21.0. The number of hydrogen-bond acceptors (Lipinski definition) is 5. The van der Waals surface area contributed by atoms with Gasteiger partial charge in [0, 0.05) is 25.3 Å². The molecular weight excluding hydrogens is 485 g/mol. The van der Waals surface area contributed by atoms with Gasteiger partial charge in [0.25, 0.3) is 0 Å². The Morgan fingerprint density at radius 2 is 1.82 bits per heavy atom. The van der Waals surface area contributed by atoms with Gasteiger partial charge in [-0.25, -0.2) is 9.07 Å². The van der Waals surface area contributed by atoms with Gasteiger partial charge >= 0.3 is 0 Å². The minimum Gasteiger partial charge on any atom is -0.376 e. The second kappa shape index (κ2) is 12.0. The minimum absolute atomic E-state index is 0.0878. The van der Waals surface area contributed by atoms with E-state index in [1.165, 1.54) is 15.6 Å². The van der Waals surface area contributed by atoms with Crippen LogP contribution in [0.25, 0.3) is 11.0 Å². The van der Waals surface area contributed by atoms with E-state index in [0.717, 1.165) is 18.4 Å². The predicted molar refractivity (Wildman–Crippen MR) is 141 cm³/mol. The number of rotatable bonds is 10. The lowest BCUT2D eigenvalue weighted by Gasteiger charge is -2.32. The molecule has 1 aliphatic heterocycles. The van der Waals surface area contributed by atoms with Crippen LogP contribution in [-0.4, -0.2) is 57.5 Å². The van der Waals surface area contributed by atoms with Crippen LogP contribution in [0.3, 0.4) is 0 Å². The van der Waals surface area contributed by atoms with Crippen LogP contribution < -0.4 is 5.32 Å². The van der Waals surface area contributed by atoms with Crippen molar-refractivity contribution in [1.82, 2.24) is 25.2 Å². The van der Waals surface area contributed by atoms with Gasteiger partial charge < -0.3 is 15.0 Å². The fraction of sp³-hybridized carbons (Fsp3) is 0.310. The summed E-state index contributed by atoms with van der Waals surface area (Å²) in [4.78, 5) is 29.0. The molecule has 2 atom stereocenters. The van der Waals surface area contributed by atoms with Crippen molar-refractivity contribution < 1.29 is 18.7 Å². The summed E-state index contributed by atoms with van der Waals surface area (Å²) in [6.07, 6.45) is 2.19. The summed E-state index contributed by atoms with van der Waals surface area (Å²) in [7, 11) is 0. The van der Waals surface area contributed by atoms with Crippen LogP contribution in [0.4, 0.5) is 4.39 Å². The van der Waals surface area contributed by atoms with Crippen molar-refractivity contribution >= 4 is 22.8 Å². The molecule has 0 saturated carbocycles. The number of fused-ring (bicyclic) bond motifs is 1. The van der Waals surface area contributed by atoms with Gasteiger partial charge in [-0.15, -0.1) is 5.10 Å². The summed E-state index contributed by atoms with van der Waals surface area (Å²) < 4.78 is 22.3. The average molecular weight is 516 g/mol. The molecule has 9 heteroatoms. The number of benzene rings is 3. The third kappa shape index (κ3) is 5.89. The van der Waals surface area contributed by atoms with E-state index in [4.69, 9.17) is 4.74 Å². The lowest BCUT2D eigenvalue weighted by atomic mass is 10.0. The first-order chi connectivity index (χ1) is 18.6. The van der Waals surface area contributed by atoms with E-state index in [0.29, 0.717) is 30.6 Å². The van der Waals surface area contributed by atoms with Crippen molar-refractivity contribution in [3.8, 4) is 0 Å². The molecule has 2 heterocycles. The fourth-order valence-electron chi connectivity index (χ4n) is 4.81. The van der Waals surface area contributed by atoms with Gasteiger partial charge in [0.15, 0.2) is 0 Å². The quantitative estimate of drug-likeness (QED) is 0.348. The van der Waals surface area contributed by atoms with E-state index in [1.54, 1.807) is 18.2 Å². The SMILES string of the molecule is O=C(NCC1CCCO1)C(c1ccccc1F)N(CCc1ccccc1)C(=O)Cn1nnc2ccccc21. The Balaban J connectivity index is 1.47. The topological polar surface area (TPSA) is 89.4 Å². The Hall–Kier alpha value is -4.11. The van der Waals surface area contributed by atoms with Gasteiger partial charge in [-0.2, -0.15) is 0 Å². The van der Waals surface area contributed by atoms with E-state index < -0.39 is 17.8 Å². The standard InChI is InChI=1S/C29H30FN5O3/c30-24-13-5-4-12-23(24)28(29(37)31-19-22-11-8-18-38-22)34(17-16-21-9-2-1-3-10-21)27(36)20-35-26-15-7-6-14-25(26)32-33-35/h1-7,9-10,12-15,22,28H,8,11,16-20H2,(H,31,37). The largest absolute Gasteiger partial charge is 0.376 e. The number of carbonyl (C=O) groups is 2. The molecule has 0 spiro atoms. The van der Waals surface area contributed by atoms with Crippen molar-refractivity contribution in [2.45, 2.75) is 38.0 Å². The third-order valence-electron chi connectivity index (χ3n) is 6.80. The molecule has 2 amide bonds. The Bertz CT molecular complexity index is 1390. The van der Waals surface area contributed by atoms with Crippen molar-refractivity contribution in [2.75, 3.05) is 19.7 Å². The second-order valence-corrected chi connectivity index (χ2v) is 9.36. The second-order valence-electron chi connectivity index (χ2n) is 9.36. The minimum atomic E-state index is -1.16. The zero-order valence-corrected chi connectivity index (χ0v) is 21.0. The zero-order chi connectivity index (χ0) is 26.3. The van der Waals surface area contributed by atoms with E-state index in [2.05, 4.69) is 15.6 Å². The summed E-state index contributed by atoms with van der Waals surface area (Å²) in [6.45, 7) is 1.03. The Morgan fingerprint density at radius 1 is 1.05 bits per heavy atom. The van der Waals surface area contributed by atoms with E-state index in [9.17, 15) is 9.59 Å². The summed E-state index contributed by atoms with van der Waals surface area (Å²) in [5, 5.41) is 11.2. The molecule has 196 valence electrons. The number of para-hydroxylation sites is 1. The van der Waals surface area contributed by atoms with Crippen LogP contribution in [0.15, 0.2) is 78.9 Å². The molecule has 1 N–H and O–H groups in total. The molecular formula is C29H30FN5O3. The molecule has 1 aliphatic rings. The van der Waals surface area contributed by atoms with Gasteiger partial charge in [-0.3, -0.25) is 9.59 Å². The summed E-state index contributed by atoms with van der Waals surface area (Å²) in [5.74, 6) is -1.36. The van der Waals surface area contributed by atoms with Crippen molar-refractivity contribution in [1.29, 1.82) is 0 Å². The fourth-order valence-corrected chi connectivity index (χ4v) is 4.81. The molecule has 1 aromatic heterocycles. The van der Waals surface area contributed by atoms with Crippen LogP contribution in [0.2, 0.25) is 0 Å². The number of ether oxygens (including phenoxy) is 1. The Labute approximate surface area is 220 Å². The first-order valence-electron chi connectivity index (χ1n) is 12.9. The monoisotopic (exact) mass is 515 g/mol. The third-order valence-corrected chi connectivity index (χ3v) is 6.80. The van der Waals surface area contributed by atoms with E-state index in [1.807, 2.05) is 54.6 Å². The van der Waals surface area contributed by atoms with Crippen molar-refractivity contribution in [2.24, 2.45) is 0 Å². The number of carbonyl (C=O) groups excluding carboxylic acids is 2. The summed E-state index contributed by atoms with van der Waals surface area (Å²) >= 11 is 0. The lowest BCUT2D eigenvalue weighted by Crippen LogP contribution is -2.47. The molecule has 3 aromatic carbocycles. The van der Waals surface area contributed by atoms with E-state index >= 15 is 4.39 Å². The molecule has 8 nitrogen and oxygen atoms in total. The molecule has 0 radical (unpaired) electrons. The smallest absolute Gasteiger partial charge is 0.247 e. The highest BCUT2D eigenvalue weighted by Crippen LogP contribution is 2.26.